The van der Waals surface area contributed by atoms with Crippen LogP contribution in [0.25, 0.3) is 0 Å². The number of aryl methyl sites for hydroxylation is 1. The molecule has 5 heteroatoms. The minimum absolute atomic E-state index is 0.0123. The summed E-state index contributed by atoms with van der Waals surface area (Å²) in [6.45, 7) is 1.85. The molecule has 0 aliphatic heterocycles. The van der Waals surface area contributed by atoms with Gasteiger partial charge >= 0.3 is 0 Å². The summed E-state index contributed by atoms with van der Waals surface area (Å²) in [6.07, 6.45) is 0.372. The number of thiazole rings is 1. The standard InChI is InChI=1S/C7H11N3OS/c1-4-5(3-6(11)9-2)12-7(8)10-4/h3H2,1-2H3,(H2,8,10)(H,9,11). The molecule has 0 unspecified atom stereocenters. The summed E-state index contributed by atoms with van der Waals surface area (Å²) in [4.78, 5) is 15.9. The maximum absolute atomic E-state index is 11.0. The fourth-order valence-electron chi connectivity index (χ4n) is 0.849. The van der Waals surface area contributed by atoms with E-state index in [0.29, 0.717) is 11.6 Å². The van der Waals surface area contributed by atoms with Crippen molar-refractivity contribution in [1.29, 1.82) is 0 Å². The SMILES string of the molecule is CNC(=O)Cc1sc(N)nc1C. The lowest BCUT2D eigenvalue weighted by Crippen LogP contribution is -2.19. The van der Waals surface area contributed by atoms with Gasteiger partial charge in [0.25, 0.3) is 0 Å². The summed E-state index contributed by atoms with van der Waals surface area (Å²) in [5, 5.41) is 3.07. The molecule has 0 saturated heterocycles. The minimum Gasteiger partial charge on any atom is -0.375 e. The lowest BCUT2D eigenvalue weighted by molar-refractivity contribution is -0.119. The van der Waals surface area contributed by atoms with Crippen molar-refractivity contribution in [1.82, 2.24) is 10.3 Å². The molecule has 0 atom stereocenters. The number of nitrogens with two attached hydrogens (primary N) is 1. The van der Waals surface area contributed by atoms with Crippen LogP contribution in [-0.4, -0.2) is 17.9 Å². The number of carbonyl (C=O) groups is 1. The first-order chi connectivity index (χ1) is 5.63. The van der Waals surface area contributed by atoms with Gasteiger partial charge in [-0.05, 0) is 6.92 Å². The zero-order chi connectivity index (χ0) is 9.14. The molecule has 1 rings (SSSR count). The van der Waals surface area contributed by atoms with Gasteiger partial charge in [-0.3, -0.25) is 4.79 Å². The van der Waals surface area contributed by atoms with Crippen LogP contribution in [0.3, 0.4) is 0 Å². The molecule has 4 nitrogen and oxygen atoms in total. The summed E-state index contributed by atoms with van der Waals surface area (Å²) in [5.41, 5.74) is 6.32. The van der Waals surface area contributed by atoms with Gasteiger partial charge in [-0.2, -0.15) is 0 Å². The van der Waals surface area contributed by atoms with Gasteiger partial charge < -0.3 is 11.1 Å². The third-order valence-electron chi connectivity index (χ3n) is 1.51. The highest BCUT2D eigenvalue weighted by Gasteiger charge is 2.08. The Morgan fingerprint density at radius 1 is 1.75 bits per heavy atom. The Balaban J connectivity index is 2.75. The van der Waals surface area contributed by atoms with Crippen molar-refractivity contribution in [3.63, 3.8) is 0 Å². The quantitative estimate of drug-likeness (QED) is 0.697. The van der Waals surface area contributed by atoms with Gasteiger partial charge in [0.1, 0.15) is 0 Å². The van der Waals surface area contributed by atoms with Crippen LogP contribution < -0.4 is 11.1 Å². The van der Waals surface area contributed by atoms with E-state index in [2.05, 4.69) is 10.3 Å². The van der Waals surface area contributed by atoms with Crippen LogP contribution in [0.2, 0.25) is 0 Å². The molecule has 0 aliphatic carbocycles. The van der Waals surface area contributed by atoms with Gasteiger partial charge in [0, 0.05) is 11.9 Å². The molecule has 1 aromatic rings. The number of hydrogen-bond acceptors (Lipinski definition) is 4. The predicted molar refractivity (Wildman–Crippen MR) is 49.0 cm³/mol. The van der Waals surface area contributed by atoms with Gasteiger partial charge in [-0.25, -0.2) is 4.98 Å². The smallest absolute Gasteiger partial charge is 0.225 e. The Morgan fingerprint density at radius 2 is 2.42 bits per heavy atom. The summed E-state index contributed by atoms with van der Waals surface area (Å²) in [5.74, 6) is -0.0123. The first-order valence-electron chi connectivity index (χ1n) is 3.56. The number of carbonyl (C=O) groups excluding carboxylic acids is 1. The summed E-state index contributed by atoms with van der Waals surface area (Å²) in [7, 11) is 1.61. The maximum Gasteiger partial charge on any atom is 0.225 e. The Kier molecular flexibility index (Phi) is 2.65. The number of hydrogen-bond donors (Lipinski definition) is 2. The molecule has 0 radical (unpaired) electrons. The number of amides is 1. The Labute approximate surface area is 74.8 Å². The highest BCUT2D eigenvalue weighted by atomic mass is 32.1. The monoisotopic (exact) mass is 185 g/mol. The van der Waals surface area contributed by atoms with Crippen LogP contribution in [-0.2, 0) is 11.2 Å². The first kappa shape index (κ1) is 8.99. The molecule has 66 valence electrons. The lowest BCUT2D eigenvalue weighted by atomic mass is 10.3. The van der Waals surface area contributed by atoms with Crippen molar-refractivity contribution in [3.05, 3.63) is 10.6 Å². The number of nitrogens with one attached hydrogen (secondary N) is 1. The highest BCUT2D eigenvalue weighted by molar-refractivity contribution is 7.15. The van der Waals surface area contributed by atoms with Gasteiger partial charge in [-0.1, -0.05) is 0 Å². The van der Waals surface area contributed by atoms with Crippen LogP contribution in [0, 0.1) is 6.92 Å². The molecule has 1 aromatic heterocycles. The fraction of sp³-hybridized carbons (Fsp3) is 0.429. The maximum atomic E-state index is 11.0. The van der Waals surface area contributed by atoms with Crippen LogP contribution in [0.1, 0.15) is 10.6 Å². The molecular weight excluding hydrogens is 174 g/mol. The highest BCUT2D eigenvalue weighted by Crippen LogP contribution is 2.19. The van der Waals surface area contributed by atoms with E-state index in [0.717, 1.165) is 10.6 Å². The molecule has 0 bridgehead atoms. The van der Waals surface area contributed by atoms with E-state index in [-0.39, 0.29) is 5.91 Å². The summed E-state index contributed by atoms with van der Waals surface area (Å²) < 4.78 is 0. The lowest BCUT2D eigenvalue weighted by Gasteiger charge is -1.95. The molecule has 0 spiro atoms. The molecule has 0 aromatic carbocycles. The normalized spacial score (nSPS) is 9.83. The van der Waals surface area contributed by atoms with Crippen molar-refractivity contribution in [3.8, 4) is 0 Å². The van der Waals surface area contributed by atoms with Gasteiger partial charge in [-0.15, -0.1) is 11.3 Å². The largest absolute Gasteiger partial charge is 0.375 e. The minimum atomic E-state index is -0.0123. The number of nitrogen functional groups attached to an aromatic ring is 1. The molecule has 0 saturated carbocycles. The Hall–Kier alpha value is -1.10. The fourth-order valence-corrected chi connectivity index (χ4v) is 1.68. The van der Waals surface area contributed by atoms with Gasteiger partial charge in [0.05, 0.1) is 12.1 Å². The van der Waals surface area contributed by atoms with Crippen molar-refractivity contribution >= 4 is 22.4 Å². The predicted octanol–water partition coefficient (Wildman–Crippen LogP) is 0.322. The number of aromatic nitrogens is 1. The molecule has 1 heterocycles. The van der Waals surface area contributed by atoms with Crippen LogP contribution in [0.5, 0.6) is 0 Å². The molecule has 3 N–H and O–H groups in total. The number of anilines is 1. The van der Waals surface area contributed by atoms with Crippen molar-refractivity contribution in [2.24, 2.45) is 0 Å². The average Bonchev–Trinajstić information content (AvgIpc) is 2.30. The Bertz CT molecular complexity index is 295. The zero-order valence-electron chi connectivity index (χ0n) is 7.05. The number of rotatable bonds is 2. The van der Waals surface area contributed by atoms with E-state index >= 15 is 0 Å². The third-order valence-corrected chi connectivity index (χ3v) is 2.50. The zero-order valence-corrected chi connectivity index (χ0v) is 7.86. The van der Waals surface area contributed by atoms with Crippen LogP contribution in [0.15, 0.2) is 0 Å². The first-order valence-corrected chi connectivity index (χ1v) is 4.37. The van der Waals surface area contributed by atoms with E-state index in [4.69, 9.17) is 5.73 Å². The van der Waals surface area contributed by atoms with Crippen molar-refractivity contribution in [2.75, 3.05) is 12.8 Å². The van der Waals surface area contributed by atoms with E-state index in [1.807, 2.05) is 6.92 Å². The second kappa shape index (κ2) is 3.53. The second-order valence-electron chi connectivity index (χ2n) is 2.41. The van der Waals surface area contributed by atoms with Crippen molar-refractivity contribution in [2.45, 2.75) is 13.3 Å². The summed E-state index contributed by atoms with van der Waals surface area (Å²) in [6, 6.07) is 0. The van der Waals surface area contributed by atoms with E-state index < -0.39 is 0 Å². The molecule has 12 heavy (non-hydrogen) atoms. The average molecular weight is 185 g/mol. The van der Waals surface area contributed by atoms with Crippen LogP contribution in [0.4, 0.5) is 5.13 Å². The molecule has 0 fully saturated rings. The van der Waals surface area contributed by atoms with E-state index in [9.17, 15) is 4.79 Å². The Morgan fingerprint density at radius 3 is 2.83 bits per heavy atom. The second-order valence-corrected chi connectivity index (χ2v) is 3.53. The van der Waals surface area contributed by atoms with E-state index in [1.54, 1.807) is 7.05 Å². The number of likely N-dealkylation sites (N-methyl/N-ethyl adjacent to an activating group) is 1. The topological polar surface area (TPSA) is 68.0 Å². The molecular formula is C7H11N3OS. The van der Waals surface area contributed by atoms with Gasteiger partial charge in [0.15, 0.2) is 5.13 Å². The molecule has 1 amide bonds. The third kappa shape index (κ3) is 1.94. The molecule has 0 aliphatic rings. The number of nitrogens with zero attached hydrogens (tertiary/aromatic N) is 1. The van der Waals surface area contributed by atoms with E-state index in [1.165, 1.54) is 11.3 Å². The van der Waals surface area contributed by atoms with Gasteiger partial charge in [0.2, 0.25) is 5.91 Å². The van der Waals surface area contributed by atoms with Crippen molar-refractivity contribution < 1.29 is 4.79 Å². The summed E-state index contributed by atoms with van der Waals surface area (Å²) >= 11 is 1.36. The van der Waals surface area contributed by atoms with Crippen LogP contribution >= 0.6 is 11.3 Å².